The van der Waals surface area contributed by atoms with Crippen LogP contribution in [0.25, 0.3) is 0 Å². The number of halogens is 3. The van der Waals surface area contributed by atoms with Gasteiger partial charge in [0.2, 0.25) is 0 Å². The Morgan fingerprint density at radius 2 is 2.11 bits per heavy atom. The van der Waals surface area contributed by atoms with Crippen LogP contribution in [0.4, 0.5) is 8.78 Å². The Morgan fingerprint density at radius 3 is 2.70 bits per heavy atom. The summed E-state index contributed by atoms with van der Waals surface area (Å²) >= 11 is 6.97. The van der Waals surface area contributed by atoms with Crippen LogP contribution in [0.2, 0.25) is 5.02 Å². The van der Waals surface area contributed by atoms with Gasteiger partial charge in [-0.05, 0) is 24.6 Å². The number of hydrogen-bond donors (Lipinski definition) is 1. The molecule has 0 atom stereocenters. The molecule has 0 radical (unpaired) electrons. The summed E-state index contributed by atoms with van der Waals surface area (Å²) in [4.78, 5) is 14.6. The fourth-order valence-electron chi connectivity index (χ4n) is 2.46. The van der Waals surface area contributed by atoms with Crippen molar-refractivity contribution in [1.82, 2.24) is 4.90 Å². The predicted octanol–water partition coefficient (Wildman–Crippen LogP) is 4.73. The average molecular weight is 418 g/mol. The fourth-order valence-corrected chi connectivity index (χ4v) is 3.77. The summed E-state index contributed by atoms with van der Waals surface area (Å²) in [6, 6.07) is 4.72. The number of hydrogen-bond acceptors (Lipinski definition) is 5. The second kappa shape index (κ2) is 9.57. The van der Waals surface area contributed by atoms with Crippen molar-refractivity contribution in [3.63, 3.8) is 0 Å². The first-order valence-electron chi connectivity index (χ1n) is 8.49. The molecule has 1 heterocycles. The van der Waals surface area contributed by atoms with Gasteiger partial charge < -0.3 is 14.7 Å². The molecular weight excluding hydrogens is 396 g/mol. The van der Waals surface area contributed by atoms with Gasteiger partial charge >= 0.3 is 0 Å². The fraction of sp³-hybridized carbons (Fsp3) is 0.421. The van der Waals surface area contributed by atoms with Gasteiger partial charge in [0, 0.05) is 28.7 Å². The highest BCUT2D eigenvalue weighted by Crippen LogP contribution is 2.43. The highest BCUT2D eigenvalue weighted by Gasteiger charge is 2.38. The normalized spacial score (nSPS) is 16.0. The number of nitrogens with zero attached hydrogens (tertiary/aromatic N) is 1. The summed E-state index contributed by atoms with van der Waals surface area (Å²) in [5, 5.41) is 11.0. The minimum absolute atomic E-state index is 0.140. The van der Waals surface area contributed by atoms with Crippen molar-refractivity contribution in [1.29, 1.82) is 0 Å². The number of aliphatic hydroxyl groups is 1. The minimum Gasteiger partial charge on any atom is -0.496 e. The number of benzene rings is 1. The van der Waals surface area contributed by atoms with E-state index in [-0.39, 0.29) is 16.3 Å². The summed E-state index contributed by atoms with van der Waals surface area (Å²) in [6.07, 6.45) is 4.60. The Balaban J connectivity index is 2.35. The molecule has 0 spiro atoms. The highest BCUT2D eigenvalue weighted by molar-refractivity contribution is 8.07. The van der Waals surface area contributed by atoms with E-state index in [0.29, 0.717) is 22.3 Å². The summed E-state index contributed by atoms with van der Waals surface area (Å²) in [6.45, 7) is 0.0900. The lowest BCUT2D eigenvalue weighted by Crippen LogP contribution is -2.34. The first kappa shape index (κ1) is 21.7. The monoisotopic (exact) mass is 417 g/mol. The number of carbonyl (C=O) groups excluding carboxylic acids is 1. The highest BCUT2D eigenvalue weighted by atomic mass is 35.5. The molecule has 1 aliphatic rings. The van der Waals surface area contributed by atoms with Crippen LogP contribution in [0.1, 0.15) is 30.1 Å². The number of allylic oxidation sites excluding steroid dienone is 1. The molecule has 4 nitrogen and oxygen atoms in total. The molecule has 0 bridgehead atoms. The van der Waals surface area contributed by atoms with Gasteiger partial charge in [0.05, 0.1) is 17.7 Å². The predicted molar refractivity (Wildman–Crippen MR) is 105 cm³/mol. The zero-order valence-electron chi connectivity index (χ0n) is 15.2. The minimum atomic E-state index is -2.19. The van der Waals surface area contributed by atoms with Gasteiger partial charge in [-0.25, -0.2) is 8.78 Å². The smallest absolute Gasteiger partial charge is 0.192 e. The van der Waals surface area contributed by atoms with Crippen molar-refractivity contribution in [2.45, 2.75) is 25.4 Å². The summed E-state index contributed by atoms with van der Waals surface area (Å²) in [7, 11) is 1.45. The summed E-state index contributed by atoms with van der Waals surface area (Å²) in [5.41, 5.74) is -1.91. The second-order valence-electron chi connectivity index (χ2n) is 6.13. The van der Waals surface area contributed by atoms with Crippen molar-refractivity contribution in [2.75, 3.05) is 27.0 Å². The number of ketones is 1. The molecule has 1 aromatic carbocycles. The van der Waals surface area contributed by atoms with Gasteiger partial charge in [0.25, 0.3) is 0 Å². The van der Waals surface area contributed by atoms with E-state index >= 15 is 0 Å². The lowest BCUT2D eigenvalue weighted by Gasteiger charge is -2.20. The maximum atomic E-state index is 13.2. The third-order valence-corrected chi connectivity index (χ3v) is 5.61. The Morgan fingerprint density at radius 1 is 1.41 bits per heavy atom. The molecule has 0 saturated carbocycles. The number of thioether (sulfide) groups is 1. The number of rotatable bonds is 9. The van der Waals surface area contributed by atoms with Crippen molar-refractivity contribution < 1.29 is 23.4 Å². The lowest BCUT2D eigenvalue weighted by molar-refractivity contribution is 0.0338. The molecule has 0 saturated heterocycles. The second-order valence-corrected chi connectivity index (χ2v) is 7.63. The molecule has 0 aliphatic carbocycles. The molecule has 148 valence electrons. The third-order valence-electron chi connectivity index (χ3n) is 4.11. The Bertz CT molecular complexity index is 750. The van der Waals surface area contributed by atoms with E-state index in [2.05, 4.69) is 0 Å². The number of ether oxygens (including phenoxy) is 1. The third kappa shape index (κ3) is 5.03. The Hall–Kier alpha value is -1.57. The quantitative estimate of drug-likeness (QED) is 0.465. The first-order chi connectivity index (χ1) is 12.9. The van der Waals surface area contributed by atoms with E-state index in [0.717, 1.165) is 24.6 Å². The van der Waals surface area contributed by atoms with Crippen LogP contribution in [-0.4, -0.2) is 48.4 Å². The van der Waals surface area contributed by atoms with E-state index in [1.165, 1.54) is 25.5 Å². The summed E-state index contributed by atoms with van der Waals surface area (Å²) < 4.78 is 31.6. The number of carbonyl (C=O) groups is 1. The van der Waals surface area contributed by atoms with E-state index in [1.54, 1.807) is 17.0 Å². The zero-order chi connectivity index (χ0) is 20.0. The zero-order valence-corrected chi connectivity index (χ0v) is 16.7. The van der Waals surface area contributed by atoms with Crippen LogP contribution >= 0.6 is 23.4 Å². The molecule has 0 fully saturated rings. The molecule has 0 aromatic heterocycles. The molecule has 1 aromatic rings. The first-order valence-corrected chi connectivity index (χ1v) is 9.68. The molecule has 8 heteroatoms. The standard InChI is InChI=1S/C19H22ClF2NO3S/c1-3-4-7-23-10-17(19(25,11-21)12-22)27-18(23)9-15(24)14-8-13(20)5-6-16(14)26-2/h5-6,8-10,25H,3-4,7,11-12H2,1-2H3. The van der Waals surface area contributed by atoms with Crippen LogP contribution in [0.15, 0.2) is 40.4 Å². The Labute approximate surface area is 166 Å². The molecule has 1 N–H and O–H groups in total. The van der Waals surface area contributed by atoms with Crippen molar-refractivity contribution in [3.05, 3.63) is 51.0 Å². The molecule has 2 rings (SSSR count). The van der Waals surface area contributed by atoms with Gasteiger partial charge in [-0.1, -0.05) is 36.7 Å². The van der Waals surface area contributed by atoms with Gasteiger partial charge in [-0.3, -0.25) is 4.79 Å². The lowest BCUT2D eigenvalue weighted by atomic mass is 10.1. The van der Waals surface area contributed by atoms with Gasteiger partial charge in [-0.15, -0.1) is 0 Å². The molecule has 27 heavy (non-hydrogen) atoms. The maximum absolute atomic E-state index is 13.2. The van der Waals surface area contributed by atoms with Gasteiger partial charge in [-0.2, -0.15) is 0 Å². The van der Waals surface area contributed by atoms with Crippen LogP contribution in [0, 0.1) is 0 Å². The summed E-state index contributed by atoms with van der Waals surface area (Å²) in [5.74, 6) is 0.0265. The largest absolute Gasteiger partial charge is 0.496 e. The maximum Gasteiger partial charge on any atom is 0.192 e. The van der Waals surface area contributed by atoms with Crippen LogP contribution in [0.3, 0.4) is 0 Å². The molecule has 0 amide bonds. The SMILES string of the molecule is CCCCN1C=C(C(O)(CF)CF)SC1=CC(=O)c1cc(Cl)ccc1OC. The van der Waals surface area contributed by atoms with Gasteiger partial charge in [0.1, 0.15) is 19.1 Å². The van der Waals surface area contributed by atoms with Crippen LogP contribution in [-0.2, 0) is 0 Å². The van der Waals surface area contributed by atoms with E-state index in [9.17, 15) is 18.7 Å². The van der Waals surface area contributed by atoms with Crippen LogP contribution in [0.5, 0.6) is 5.75 Å². The number of methoxy groups -OCH3 is 1. The van der Waals surface area contributed by atoms with Crippen LogP contribution < -0.4 is 4.74 Å². The Kier molecular flexibility index (Phi) is 7.70. The number of unbranched alkanes of at least 4 members (excludes halogenated alkanes) is 1. The van der Waals surface area contributed by atoms with E-state index in [4.69, 9.17) is 16.3 Å². The van der Waals surface area contributed by atoms with Crippen molar-refractivity contribution in [2.24, 2.45) is 0 Å². The van der Waals surface area contributed by atoms with Crippen molar-refractivity contribution in [3.8, 4) is 5.75 Å². The topological polar surface area (TPSA) is 49.8 Å². The van der Waals surface area contributed by atoms with E-state index in [1.807, 2.05) is 6.92 Å². The number of alkyl halides is 2. The van der Waals surface area contributed by atoms with E-state index < -0.39 is 19.0 Å². The molecule has 1 aliphatic heterocycles. The average Bonchev–Trinajstić information content (AvgIpc) is 3.08. The van der Waals surface area contributed by atoms with Crippen molar-refractivity contribution >= 4 is 29.1 Å². The van der Waals surface area contributed by atoms with Gasteiger partial charge in [0.15, 0.2) is 11.4 Å². The molecule has 0 unspecified atom stereocenters. The molecular formula is C19H22ClF2NO3S.